The molecule has 0 aliphatic heterocycles. The standard InChI is InChI=1S/C18H18F3N3O.HI/c19-18(20,21)25-16-7-2-1-4-14(16)11-23-17(22)24-15-9-8-12-5-3-6-13(12)10-15;/h1-2,4,7-10H,3,5-6,11H2,(H3,22,23,24);1H. The lowest BCUT2D eigenvalue weighted by Crippen LogP contribution is -2.23. The van der Waals surface area contributed by atoms with Crippen molar-refractivity contribution in [2.24, 2.45) is 10.7 Å². The largest absolute Gasteiger partial charge is 0.573 e. The van der Waals surface area contributed by atoms with Gasteiger partial charge in [-0.1, -0.05) is 24.3 Å². The third-order valence-corrected chi connectivity index (χ3v) is 3.99. The Kier molecular flexibility index (Phi) is 6.74. The van der Waals surface area contributed by atoms with Crippen LogP contribution < -0.4 is 15.8 Å². The maximum atomic E-state index is 12.4. The van der Waals surface area contributed by atoms with E-state index in [2.05, 4.69) is 21.1 Å². The van der Waals surface area contributed by atoms with Gasteiger partial charge in [0.05, 0.1) is 6.54 Å². The van der Waals surface area contributed by atoms with Gasteiger partial charge in [0.25, 0.3) is 0 Å². The summed E-state index contributed by atoms with van der Waals surface area (Å²) in [6.45, 7) is -0.0178. The molecule has 0 saturated heterocycles. The van der Waals surface area contributed by atoms with Gasteiger partial charge in [-0.15, -0.1) is 37.1 Å². The van der Waals surface area contributed by atoms with Crippen molar-refractivity contribution in [2.75, 3.05) is 5.32 Å². The molecule has 0 fully saturated rings. The number of ether oxygens (including phenoxy) is 1. The highest BCUT2D eigenvalue weighted by Gasteiger charge is 2.31. The summed E-state index contributed by atoms with van der Waals surface area (Å²) >= 11 is 0. The van der Waals surface area contributed by atoms with Crippen molar-refractivity contribution in [1.82, 2.24) is 0 Å². The van der Waals surface area contributed by atoms with Crippen LogP contribution in [-0.4, -0.2) is 12.3 Å². The van der Waals surface area contributed by atoms with E-state index >= 15 is 0 Å². The first-order valence-electron chi connectivity index (χ1n) is 7.93. The summed E-state index contributed by atoms with van der Waals surface area (Å²) in [6, 6.07) is 11.9. The summed E-state index contributed by atoms with van der Waals surface area (Å²) in [5.41, 5.74) is 9.62. The molecule has 1 aliphatic rings. The Hall–Kier alpha value is -1.97. The summed E-state index contributed by atoms with van der Waals surface area (Å²) in [5.74, 6) is -0.135. The molecule has 2 aromatic rings. The van der Waals surface area contributed by atoms with Gasteiger partial charge in [0.15, 0.2) is 5.96 Å². The van der Waals surface area contributed by atoms with Crippen LogP contribution >= 0.6 is 24.0 Å². The van der Waals surface area contributed by atoms with Gasteiger partial charge in [0.1, 0.15) is 5.75 Å². The molecule has 0 atom stereocenters. The van der Waals surface area contributed by atoms with Crippen molar-refractivity contribution in [1.29, 1.82) is 0 Å². The molecule has 3 rings (SSSR count). The lowest BCUT2D eigenvalue weighted by molar-refractivity contribution is -0.274. The molecule has 0 spiro atoms. The monoisotopic (exact) mass is 477 g/mol. The molecule has 4 nitrogen and oxygen atoms in total. The number of rotatable bonds is 4. The van der Waals surface area contributed by atoms with Crippen LogP contribution in [-0.2, 0) is 19.4 Å². The maximum absolute atomic E-state index is 12.4. The van der Waals surface area contributed by atoms with Crippen LogP contribution in [0.3, 0.4) is 0 Å². The van der Waals surface area contributed by atoms with Crippen molar-refractivity contribution in [3.63, 3.8) is 0 Å². The fourth-order valence-corrected chi connectivity index (χ4v) is 2.87. The van der Waals surface area contributed by atoms with Gasteiger partial charge in [-0.2, -0.15) is 0 Å². The topological polar surface area (TPSA) is 59.6 Å². The molecule has 0 heterocycles. The van der Waals surface area contributed by atoms with E-state index in [4.69, 9.17) is 5.73 Å². The van der Waals surface area contributed by atoms with E-state index in [1.807, 2.05) is 12.1 Å². The van der Waals surface area contributed by atoms with E-state index in [-0.39, 0.29) is 42.2 Å². The lowest BCUT2D eigenvalue weighted by atomic mass is 10.1. The number of fused-ring (bicyclic) bond motifs is 1. The van der Waals surface area contributed by atoms with Crippen LogP contribution in [0.15, 0.2) is 47.5 Å². The number of hydrogen-bond donors (Lipinski definition) is 2. The average molecular weight is 477 g/mol. The van der Waals surface area contributed by atoms with Crippen molar-refractivity contribution < 1.29 is 17.9 Å². The third kappa shape index (κ3) is 5.52. The predicted octanol–water partition coefficient (Wildman–Crippen LogP) is 4.62. The van der Waals surface area contributed by atoms with Gasteiger partial charge < -0.3 is 15.8 Å². The Morgan fingerprint density at radius 3 is 2.62 bits per heavy atom. The van der Waals surface area contributed by atoms with Crippen molar-refractivity contribution >= 4 is 35.6 Å². The molecule has 0 aromatic heterocycles. The highest BCUT2D eigenvalue weighted by Crippen LogP contribution is 2.27. The third-order valence-electron chi connectivity index (χ3n) is 3.99. The molecule has 3 N–H and O–H groups in total. The summed E-state index contributed by atoms with van der Waals surface area (Å²) < 4.78 is 41.3. The molecule has 0 amide bonds. The Morgan fingerprint density at radius 2 is 1.85 bits per heavy atom. The number of aryl methyl sites for hydroxylation is 2. The number of aliphatic imine (C=N–C) groups is 1. The van der Waals surface area contributed by atoms with Crippen LogP contribution in [0.2, 0.25) is 0 Å². The van der Waals surface area contributed by atoms with Gasteiger partial charge in [-0.05, 0) is 48.6 Å². The fourth-order valence-electron chi connectivity index (χ4n) is 2.87. The first-order valence-corrected chi connectivity index (χ1v) is 7.93. The number of benzene rings is 2. The number of halogens is 4. The summed E-state index contributed by atoms with van der Waals surface area (Å²) in [4.78, 5) is 4.11. The number of hydrogen-bond acceptors (Lipinski definition) is 2. The molecule has 8 heteroatoms. The molecule has 0 bridgehead atoms. The average Bonchev–Trinajstić information content (AvgIpc) is 3.00. The van der Waals surface area contributed by atoms with E-state index in [0.29, 0.717) is 5.56 Å². The van der Waals surface area contributed by atoms with Gasteiger partial charge in [-0.3, -0.25) is 0 Å². The highest BCUT2D eigenvalue weighted by molar-refractivity contribution is 14.0. The van der Waals surface area contributed by atoms with E-state index in [9.17, 15) is 13.2 Å². The van der Waals surface area contributed by atoms with Crippen LogP contribution in [0, 0.1) is 0 Å². The van der Waals surface area contributed by atoms with Crippen LogP contribution in [0.1, 0.15) is 23.1 Å². The molecular formula is C18H19F3IN3O. The smallest absolute Gasteiger partial charge is 0.405 e. The zero-order valence-electron chi connectivity index (χ0n) is 13.8. The minimum atomic E-state index is -4.74. The normalized spacial score (nSPS) is 13.7. The molecular weight excluding hydrogens is 458 g/mol. The number of alkyl halides is 3. The molecule has 140 valence electrons. The second-order valence-electron chi connectivity index (χ2n) is 5.82. The van der Waals surface area contributed by atoms with Crippen molar-refractivity contribution in [3.05, 3.63) is 59.2 Å². The van der Waals surface area contributed by atoms with Crippen LogP contribution in [0.4, 0.5) is 18.9 Å². The molecule has 0 radical (unpaired) electrons. The predicted molar refractivity (Wildman–Crippen MR) is 106 cm³/mol. The number of para-hydroxylation sites is 1. The molecule has 2 aromatic carbocycles. The maximum Gasteiger partial charge on any atom is 0.573 e. The first kappa shape index (κ1) is 20.3. The van der Waals surface area contributed by atoms with Crippen molar-refractivity contribution in [2.45, 2.75) is 32.2 Å². The van der Waals surface area contributed by atoms with E-state index in [1.165, 1.54) is 29.3 Å². The molecule has 0 unspecified atom stereocenters. The van der Waals surface area contributed by atoms with Gasteiger partial charge in [-0.25, -0.2) is 4.99 Å². The van der Waals surface area contributed by atoms with E-state index in [0.717, 1.165) is 24.9 Å². The second-order valence-corrected chi connectivity index (χ2v) is 5.82. The fraction of sp³-hybridized carbons (Fsp3) is 0.278. The number of nitrogens with zero attached hydrogens (tertiary/aromatic N) is 1. The Labute approximate surface area is 166 Å². The summed E-state index contributed by atoms with van der Waals surface area (Å²) in [6.07, 6.45) is -1.45. The van der Waals surface area contributed by atoms with Gasteiger partial charge >= 0.3 is 6.36 Å². The summed E-state index contributed by atoms with van der Waals surface area (Å²) in [7, 11) is 0. The number of nitrogens with one attached hydrogen (secondary N) is 1. The minimum Gasteiger partial charge on any atom is -0.405 e. The molecule has 1 aliphatic carbocycles. The quantitative estimate of drug-likeness (QED) is 0.384. The van der Waals surface area contributed by atoms with Crippen LogP contribution in [0.5, 0.6) is 5.75 Å². The number of anilines is 1. The molecule has 26 heavy (non-hydrogen) atoms. The Morgan fingerprint density at radius 1 is 1.12 bits per heavy atom. The number of guanidine groups is 1. The zero-order chi connectivity index (χ0) is 17.9. The highest BCUT2D eigenvalue weighted by atomic mass is 127. The van der Waals surface area contributed by atoms with E-state index in [1.54, 1.807) is 6.07 Å². The Balaban J connectivity index is 0.00000243. The first-order chi connectivity index (χ1) is 11.9. The Bertz CT molecular complexity index is 793. The lowest BCUT2D eigenvalue weighted by Gasteiger charge is -2.12. The molecule has 0 saturated carbocycles. The SMILES string of the molecule is I.NC(=NCc1ccccc1OC(F)(F)F)Nc1ccc2c(c1)CCC2. The zero-order valence-corrected chi connectivity index (χ0v) is 16.2. The summed E-state index contributed by atoms with van der Waals surface area (Å²) in [5, 5.41) is 2.97. The van der Waals surface area contributed by atoms with Gasteiger partial charge in [0.2, 0.25) is 0 Å². The van der Waals surface area contributed by atoms with Crippen molar-refractivity contribution in [3.8, 4) is 5.75 Å². The van der Waals surface area contributed by atoms with Crippen LogP contribution in [0.25, 0.3) is 0 Å². The van der Waals surface area contributed by atoms with E-state index < -0.39 is 6.36 Å². The second kappa shape index (κ2) is 8.61. The number of nitrogens with two attached hydrogens (primary N) is 1. The minimum absolute atomic E-state index is 0. The van der Waals surface area contributed by atoms with Gasteiger partial charge in [0, 0.05) is 11.3 Å².